The van der Waals surface area contributed by atoms with Crippen LogP contribution in [-0.2, 0) is 4.79 Å². The van der Waals surface area contributed by atoms with Crippen molar-refractivity contribution >= 4 is 16.8 Å². The predicted octanol–water partition coefficient (Wildman–Crippen LogP) is 4.60. The van der Waals surface area contributed by atoms with Gasteiger partial charge in [0.25, 0.3) is 0 Å². The first-order valence-electron chi connectivity index (χ1n) is 10.8. The van der Waals surface area contributed by atoms with E-state index in [1.165, 1.54) is 41.3 Å². The highest BCUT2D eigenvalue weighted by molar-refractivity contribution is 5.86. The lowest BCUT2D eigenvalue weighted by Crippen LogP contribution is -2.38. The summed E-state index contributed by atoms with van der Waals surface area (Å²) in [5, 5.41) is 4.35. The number of benzene rings is 2. The molecule has 3 aromatic rings. The Morgan fingerprint density at radius 3 is 2.62 bits per heavy atom. The molecule has 29 heavy (non-hydrogen) atoms. The Labute approximate surface area is 173 Å². The molecule has 0 radical (unpaired) electrons. The molecule has 1 fully saturated rings. The fourth-order valence-electron chi connectivity index (χ4n) is 4.38. The van der Waals surface area contributed by atoms with Crippen LogP contribution >= 0.6 is 0 Å². The molecule has 152 valence electrons. The van der Waals surface area contributed by atoms with E-state index in [2.05, 4.69) is 70.8 Å². The van der Waals surface area contributed by atoms with Crippen LogP contribution in [0.15, 0.2) is 54.7 Å². The quantitative estimate of drug-likeness (QED) is 0.620. The van der Waals surface area contributed by atoms with Crippen molar-refractivity contribution in [3.63, 3.8) is 0 Å². The number of carbonyl (C=O) groups excluding carboxylic acids is 1. The Balaban J connectivity index is 1.48. The van der Waals surface area contributed by atoms with Gasteiger partial charge in [0, 0.05) is 42.5 Å². The van der Waals surface area contributed by atoms with Gasteiger partial charge < -0.3 is 15.2 Å². The summed E-state index contributed by atoms with van der Waals surface area (Å²) in [5.41, 5.74) is 4.73. The third-order valence-electron chi connectivity index (χ3n) is 6.06. The maximum Gasteiger partial charge on any atom is 0.220 e. The number of H-pyrrole nitrogens is 1. The van der Waals surface area contributed by atoms with Crippen LogP contribution in [0.4, 0.5) is 0 Å². The van der Waals surface area contributed by atoms with Crippen LogP contribution in [-0.4, -0.2) is 42.0 Å². The van der Waals surface area contributed by atoms with Gasteiger partial charge in [0.15, 0.2) is 0 Å². The van der Waals surface area contributed by atoms with Gasteiger partial charge in [0.05, 0.1) is 0 Å². The second-order valence-corrected chi connectivity index (χ2v) is 8.21. The van der Waals surface area contributed by atoms with Gasteiger partial charge in [0.2, 0.25) is 5.91 Å². The van der Waals surface area contributed by atoms with Gasteiger partial charge in [0.1, 0.15) is 0 Å². The highest BCUT2D eigenvalue weighted by Gasteiger charge is 2.21. The average molecular weight is 390 g/mol. The molecule has 1 aliphatic heterocycles. The molecule has 4 rings (SSSR count). The number of rotatable bonds is 7. The number of carbonyl (C=O) groups is 1. The minimum absolute atomic E-state index is 0.0433. The molecule has 1 atom stereocenters. The lowest BCUT2D eigenvalue weighted by Gasteiger charge is -2.26. The fourth-order valence-corrected chi connectivity index (χ4v) is 4.38. The minimum Gasteiger partial charge on any atom is -0.361 e. The summed E-state index contributed by atoms with van der Waals surface area (Å²) in [5.74, 6) is 0.166. The average Bonchev–Trinajstić information content (AvgIpc) is 3.17. The van der Waals surface area contributed by atoms with Gasteiger partial charge in [-0.25, -0.2) is 0 Å². The fraction of sp³-hybridized carbons (Fsp3) is 0.400. The molecule has 2 heterocycles. The number of aryl methyl sites for hydroxylation is 1. The van der Waals surface area contributed by atoms with Crippen molar-refractivity contribution < 1.29 is 4.79 Å². The van der Waals surface area contributed by atoms with E-state index in [0.717, 1.165) is 31.7 Å². The Bertz CT molecular complexity index is 938. The van der Waals surface area contributed by atoms with E-state index in [-0.39, 0.29) is 11.8 Å². The number of hydrogen-bond acceptors (Lipinski definition) is 2. The molecule has 0 spiro atoms. The number of likely N-dealkylation sites (tertiary alicyclic amines) is 1. The third kappa shape index (κ3) is 4.88. The van der Waals surface area contributed by atoms with Crippen LogP contribution in [0.3, 0.4) is 0 Å². The largest absolute Gasteiger partial charge is 0.361 e. The van der Waals surface area contributed by atoms with Gasteiger partial charge in [-0.3, -0.25) is 4.79 Å². The maximum atomic E-state index is 12.8. The van der Waals surface area contributed by atoms with Crippen LogP contribution in [0.5, 0.6) is 0 Å². The van der Waals surface area contributed by atoms with Crippen molar-refractivity contribution in [1.29, 1.82) is 0 Å². The van der Waals surface area contributed by atoms with Gasteiger partial charge in [-0.1, -0.05) is 54.4 Å². The van der Waals surface area contributed by atoms with Crippen LogP contribution in [0.2, 0.25) is 0 Å². The highest BCUT2D eigenvalue weighted by Crippen LogP contribution is 2.33. The molecule has 0 saturated carbocycles. The van der Waals surface area contributed by atoms with Crippen LogP contribution in [0.25, 0.3) is 10.9 Å². The van der Waals surface area contributed by atoms with Crippen molar-refractivity contribution in [3.8, 4) is 0 Å². The Morgan fingerprint density at radius 1 is 1.07 bits per heavy atom. The third-order valence-corrected chi connectivity index (χ3v) is 6.06. The smallest absolute Gasteiger partial charge is 0.220 e. The van der Waals surface area contributed by atoms with Gasteiger partial charge in [-0.2, -0.15) is 0 Å². The molecule has 1 amide bonds. The van der Waals surface area contributed by atoms with E-state index in [1.54, 1.807) is 0 Å². The number of aromatic amines is 1. The number of para-hydroxylation sites is 1. The van der Waals surface area contributed by atoms with Crippen molar-refractivity contribution in [2.75, 3.05) is 26.2 Å². The van der Waals surface area contributed by atoms with Crippen molar-refractivity contribution in [3.05, 3.63) is 71.4 Å². The van der Waals surface area contributed by atoms with Crippen molar-refractivity contribution in [1.82, 2.24) is 15.2 Å². The van der Waals surface area contributed by atoms with E-state index in [9.17, 15) is 4.79 Å². The standard InChI is InChI=1S/C25H31N3O/c1-19-9-11-20(12-10-19)22(23-18-27-24-8-4-3-7-21(23)24)17-25(29)26-13-16-28-14-5-2-6-15-28/h3-4,7-12,18,22,27H,2,5-6,13-17H2,1H3,(H,26,29). The van der Waals surface area contributed by atoms with Crippen LogP contribution in [0.1, 0.15) is 48.3 Å². The second-order valence-electron chi connectivity index (χ2n) is 8.21. The molecule has 1 unspecified atom stereocenters. The lowest BCUT2D eigenvalue weighted by atomic mass is 9.87. The van der Waals surface area contributed by atoms with Gasteiger partial charge in [-0.05, 0) is 50.0 Å². The molecule has 1 saturated heterocycles. The summed E-state index contributed by atoms with van der Waals surface area (Å²) in [7, 11) is 0. The molecule has 4 heteroatoms. The SMILES string of the molecule is Cc1ccc(C(CC(=O)NCCN2CCCCC2)c2c[nH]c3ccccc23)cc1. The van der Waals surface area contributed by atoms with E-state index in [1.807, 2.05) is 6.07 Å². The first-order chi connectivity index (χ1) is 14.2. The molecule has 1 aliphatic rings. The zero-order valence-electron chi connectivity index (χ0n) is 17.3. The topological polar surface area (TPSA) is 48.1 Å². The van der Waals surface area contributed by atoms with E-state index < -0.39 is 0 Å². The number of hydrogen-bond donors (Lipinski definition) is 2. The van der Waals surface area contributed by atoms with Crippen LogP contribution < -0.4 is 5.32 Å². The number of nitrogens with one attached hydrogen (secondary N) is 2. The molecule has 2 aromatic carbocycles. The highest BCUT2D eigenvalue weighted by atomic mass is 16.1. The molecular weight excluding hydrogens is 358 g/mol. The molecule has 0 aliphatic carbocycles. The maximum absolute atomic E-state index is 12.8. The number of fused-ring (bicyclic) bond motifs is 1. The minimum atomic E-state index is 0.0433. The molecule has 1 aromatic heterocycles. The Hall–Kier alpha value is -2.59. The number of amides is 1. The Morgan fingerprint density at radius 2 is 1.83 bits per heavy atom. The zero-order chi connectivity index (χ0) is 20.1. The van der Waals surface area contributed by atoms with E-state index >= 15 is 0 Å². The summed E-state index contributed by atoms with van der Waals surface area (Å²) in [6.07, 6.45) is 6.43. The summed E-state index contributed by atoms with van der Waals surface area (Å²) >= 11 is 0. The monoisotopic (exact) mass is 389 g/mol. The number of aromatic nitrogens is 1. The zero-order valence-corrected chi connectivity index (χ0v) is 17.3. The van der Waals surface area contributed by atoms with Crippen LogP contribution in [0, 0.1) is 6.92 Å². The molecule has 2 N–H and O–H groups in total. The number of nitrogens with zero attached hydrogens (tertiary/aromatic N) is 1. The predicted molar refractivity (Wildman–Crippen MR) is 119 cm³/mol. The Kier molecular flexibility index (Phi) is 6.30. The summed E-state index contributed by atoms with van der Waals surface area (Å²) in [6, 6.07) is 16.9. The van der Waals surface area contributed by atoms with Crippen molar-refractivity contribution in [2.24, 2.45) is 0 Å². The van der Waals surface area contributed by atoms with Crippen molar-refractivity contribution in [2.45, 2.75) is 38.5 Å². The molecular formula is C25H31N3O. The van der Waals surface area contributed by atoms with E-state index in [4.69, 9.17) is 0 Å². The first-order valence-corrected chi connectivity index (χ1v) is 10.8. The summed E-state index contributed by atoms with van der Waals surface area (Å²) in [4.78, 5) is 18.7. The van der Waals surface area contributed by atoms with E-state index in [0.29, 0.717) is 6.42 Å². The first kappa shape index (κ1) is 19.7. The number of piperidine rings is 1. The lowest BCUT2D eigenvalue weighted by molar-refractivity contribution is -0.121. The van der Waals surface area contributed by atoms with Gasteiger partial charge >= 0.3 is 0 Å². The van der Waals surface area contributed by atoms with Gasteiger partial charge in [-0.15, -0.1) is 0 Å². The molecule has 4 nitrogen and oxygen atoms in total. The molecule has 0 bridgehead atoms. The summed E-state index contributed by atoms with van der Waals surface area (Å²) < 4.78 is 0. The second kappa shape index (κ2) is 9.27. The normalized spacial score (nSPS) is 16.0. The summed E-state index contributed by atoms with van der Waals surface area (Å²) in [6.45, 7) is 6.10.